The van der Waals surface area contributed by atoms with E-state index in [1.165, 1.54) is 5.41 Å². The summed E-state index contributed by atoms with van der Waals surface area (Å²) in [4.78, 5) is 21.2. The zero-order valence-corrected chi connectivity index (χ0v) is 7.10. The molecule has 0 spiro atoms. The minimum absolute atomic E-state index is 0.767. The van der Waals surface area contributed by atoms with Gasteiger partial charge in [-0.05, 0) is 18.4 Å². The molecule has 0 radical (unpaired) electrons. The summed E-state index contributed by atoms with van der Waals surface area (Å²) in [6.07, 6.45) is 0.999. The van der Waals surface area contributed by atoms with Crippen LogP contribution in [0.5, 0.6) is 0 Å². The first-order valence-corrected chi connectivity index (χ1v) is 4.18. The molecule has 2 atom stereocenters. The summed E-state index contributed by atoms with van der Waals surface area (Å²) in [5.74, 6) is -2.07. The van der Waals surface area contributed by atoms with Crippen LogP contribution in [0.25, 0.3) is 0 Å². The number of hydrogen-bond acceptors (Lipinski definition) is 3. The van der Waals surface area contributed by atoms with Crippen LogP contribution in [0.15, 0.2) is 11.5 Å². The molecule has 66 valence electrons. The van der Waals surface area contributed by atoms with Crippen LogP contribution in [0.4, 0.5) is 4.39 Å². The number of thioether (sulfide) groups is 1. The molecule has 0 aliphatic carbocycles. The van der Waals surface area contributed by atoms with Crippen molar-refractivity contribution in [3.8, 4) is 0 Å². The minimum atomic E-state index is -2.32. The Balaban J connectivity index is 2.95. The van der Waals surface area contributed by atoms with Gasteiger partial charge in [0.05, 0.1) is 0 Å². The highest BCUT2D eigenvalue weighted by atomic mass is 32.2. The van der Waals surface area contributed by atoms with Gasteiger partial charge in [0.2, 0.25) is 5.67 Å². The fourth-order valence-electron chi connectivity index (χ4n) is 0.943. The molecule has 2 unspecified atom stereocenters. The molecule has 12 heavy (non-hydrogen) atoms. The number of aliphatic carboxylic acids is 1. The second-order valence-electron chi connectivity index (χ2n) is 2.48. The summed E-state index contributed by atoms with van der Waals surface area (Å²) in [6, 6.07) is 0. The van der Waals surface area contributed by atoms with Crippen LogP contribution >= 0.6 is 11.8 Å². The van der Waals surface area contributed by atoms with Gasteiger partial charge in [-0.3, -0.25) is 9.59 Å². The molecule has 0 saturated heterocycles. The van der Waals surface area contributed by atoms with Crippen molar-refractivity contribution < 1.29 is 19.1 Å². The maximum atomic E-state index is 13.5. The van der Waals surface area contributed by atoms with Crippen molar-refractivity contribution in [1.29, 1.82) is 0 Å². The molecule has 1 rings (SSSR count). The van der Waals surface area contributed by atoms with Gasteiger partial charge >= 0.3 is 5.97 Å². The molecule has 1 aliphatic rings. The van der Waals surface area contributed by atoms with Crippen LogP contribution in [-0.2, 0) is 9.59 Å². The van der Waals surface area contributed by atoms with Gasteiger partial charge in [-0.1, -0.05) is 0 Å². The minimum Gasteiger partial charge on any atom is -0.480 e. The Bertz CT molecular complexity index is 263. The van der Waals surface area contributed by atoms with E-state index in [1.807, 2.05) is 0 Å². The average molecular weight is 190 g/mol. The second-order valence-corrected chi connectivity index (χ2v) is 3.50. The Hall–Kier alpha value is -0.840. The highest BCUT2D eigenvalue weighted by molar-refractivity contribution is 8.03. The first-order chi connectivity index (χ1) is 5.48. The molecule has 0 aromatic heterocycles. The van der Waals surface area contributed by atoms with E-state index in [1.54, 1.807) is 0 Å². The van der Waals surface area contributed by atoms with E-state index in [0.717, 1.165) is 24.8 Å². The van der Waals surface area contributed by atoms with Gasteiger partial charge in [0.25, 0.3) is 0 Å². The van der Waals surface area contributed by atoms with E-state index in [0.29, 0.717) is 0 Å². The Kier molecular flexibility index (Phi) is 2.23. The number of alkyl halides is 1. The number of halogens is 1. The van der Waals surface area contributed by atoms with Crippen LogP contribution in [0, 0.1) is 0 Å². The molecule has 1 N–H and O–H groups in total. The summed E-state index contributed by atoms with van der Waals surface area (Å²) in [5.41, 5.74) is -2.32. The molecule has 1 heterocycles. The molecule has 3 nitrogen and oxygen atoms in total. The van der Waals surface area contributed by atoms with Crippen molar-refractivity contribution >= 4 is 23.5 Å². The van der Waals surface area contributed by atoms with Crippen molar-refractivity contribution in [2.45, 2.75) is 17.8 Å². The third kappa shape index (κ3) is 1.24. The fourth-order valence-corrected chi connectivity index (χ4v) is 1.94. The van der Waals surface area contributed by atoms with E-state index < -0.39 is 22.7 Å². The zero-order chi connectivity index (χ0) is 9.35. The number of hydrogen-bond donors (Lipinski definition) is 1. The van der Waals surface area contributed by atoms with Crippen LogP contribution in [-0.4, -0.2) is 27.8 Å². The smallest absolute Gasteiger partial charge is 0.321 e. The Morgan fingerprint density at radius 1 is 1.67 bits per heavy atom. The third-order valence-electron chi connectivity index (χ3n) is 1.67. The van der Waals surface area contributed by atoms with Crippen LogP contribution < -0.4 is 0 Å². The summed E-state index contributed by atoms with van der Waals surface area (Å²) in [5, 5.41) is 8.53. The van der Waals surface area contributed by atoms with Gasteiger partial charge in [-0.15, -0.1) is 11.8 Å². The molecule has 0 aromatic carbocycles. The van der Waals surface area contributed by atoms with Crippen LogP contribution in [0.2, 0.25) is 0 Å². The highest BCUT2D eigenvalue weighted by Gasteiger charge is 2.49. The third-order valence-corrected chi connectivity index (χ3v) is 2.78. The maximum absolute atomic E-state index is 13.5. The van der Waals surface area contributed by atoms with E-state index in [4.69, 9.17) is 5.11 Å². The number of allylic oxidation sites excluding steroid dienone is 1. The Morgan fingerprint density at radius 3 is 2.58 bits per heavy atom. The first-order valence-electron chi connectivity index (χ1n) is 3.24. The first kappa shape index (κ1) is 9.25. The van der Waals surface area contributed by atoms with Gasteiger partial charge in [-0.25, -0.2) is 4.39 Å². The van der Waals surface area contributed by atoms with E-state index in [2.05, 4.69) is 0 Å². The van der Waals surface area contributed by atoms with Crippen molar-refractivity contribution in [1.82, 2.24) is 0 Å². The largest absolute Gasteiger partial charge is 0.480 e. The van der Waals surface area contributed by atoms with E-state index >= 15 is 0 Å². The molecule has 0 fully saturated rings. The lowest BCUT2D eigenvalue weighted by atomic mass is 9.97. The average Bonchev–Trinajstić information content (AvgIpc) is 2.32. The summed E-state index contributed by atoms with van der Waals surface area (Å²) >= 11 is 0.810. The van der Waals surface area contributed by atoms with Crippen molar-refractivity contribution in [2.75, 3.05) is 0 Å². The lowest BCUT2D eigenvalue weighted by Crippen LogP contribution is -2.42. The van der Waals surface area contributed by atoms with Crippen LogP contribution in [0.3, 0.4) is 0 Å². The molecular formula is C7H7FO3S. The van der Waals surface area contributed by atoms with Gasteiger partial charge in [0.15, 0.2) is 11.0 Å². The molecule has 0 aromatic rings. The van der Waals surface area contributed by atoms with Gasteiger partial charge < -0.3 is 5.11 Å². The number of ketones is 1. The lowest BCUT2D eigenvalue weighted by Gasteiger charge is -2.18. The van der Waals surface area contributed by atoms with Gasteiger partial charge in [0.1, 0.15) is 0 Å². The number of Topliss-reactive ketones (excluding diaryl/α,β-unsaturated/α-hetero) is 1. The number of carbonyl (C=O) groups is 2. The predicted octanol–water partition coefficient (Wildman–Crippen LogP) is 0.997. The monoisotopic (exact) mass is 190 g/mol. The highest BCUT2D eigenvalue weighted by Crippen LogP contribution is 2.37. The molecule has 0 bridgehead atoms. The predicted molar refractivity (Wildman–Crippen MR) is 42.7 cm³/mol. The van der Waals surface area contributed by atoms with E-state index in [-0.39, 0.29) is 0 Å². The number of carboxylic acids is 1. The lowest BCUT2D eigenvalue weighted by molar-refractivity contribution is -0.142. The molecule has 1 aliphatic heterocycles. The zero-order valence-electron chi connectivity index (χ0n) is 6.28. The Labute approximate surface area is 72.6 Å². The molecular weight excluding hydrogens is 183 g/mol. The standard InChI is InChI=1S/C7H7FO3S/c1-4(9)7(8)2-3-12-5(7)6(10)11/h2-3,5H,1H3,(H,10,11). The number of carboxylic acid groups (broad SMARTS) is 1. The second kappa shape index (κ2) is 2.90. The van der Waals surface area contributed by atoms with Crippen molar-refractivity contribution in [3.05, 3.63) is 11.5 Å². The maximum Gasteiger partial charge on any atom is 0.321 e. The van der Waals surface area contributed by atoms with E-state index in [9.17, 15) is 14.0 Å². The SMILES string of the molecule is CC(=O)C1(F)C=CSC1C(=O)O. The van der Waals surface area contributed by atoms with Crippen molar-refractivity contribution in [3.63, 3.8) is 0 Å². The normalized spacial score (nSPS) is 33.7. The van der Waals surface area contributed by atoms with Gasteiger partial charge in [-0.2, -0.15) is 0 Å². The van der Waals surface area contributed by atoms with Crippen LogP contribution in [0.1, 0.15) is 6.92 Å². The number of carbonyl (C=O) groups excluding carboxylic acids is 1. The molecule has 0 amide bonds. The summed E-state index contributed by atoms with van der Waals surface area (Å²) in [6.45, 7) is 1.05. The molecule has 0 saturated carbocycles. The quantitative estimate of drug-likeness (QED) is 0.705. The van der Waals surface area contributed by atoms with Crippen molar-refractivity contribution in [2.24, 2.45) is 0 Å². The van der Waals surface area contributed by atoms with Gasteiger partial charge in [0, 0.05) is 0 Å². The summed E-state index contributed by atoms with van der Waals surface area (Å²) in [7, 11) is 0. The summed E-state index contributed by atoms with van der Waals surface area (Å²) < 4.78 is 13.5. The molecule has 5 heteroatoms. The number of rotatable bonds is 2. The topological polar surface area (TPSA) is 54.4 Å². The fraction of sp³-hybridized carbons (Fsp3) is 0.429. The Morgan fingerprint density at radius 2 is 2.25 bits per heavy atom.